The molecule has 3 aromatic heterocycles. The van der Waals surface area contributed by atoms with Gasteiger partial charge in [0.1, 0.15) is 22.7 Å². The Morgan fingerprint density at radius 2 is 1.28 bits per heavy atom. The Labute approximate surface area is 345 Å². The van der Waals surface area contributed by atoms with Crippen molar-refractivity contribution < 1.29 is 30.6 Å². The Morgan fingerprint density at radius 3 is 2.09 bits per heavy atom. The molecule has 0 bridgehead atoms. The fourth-order valence-electron chi connectivity index (χ4n) is 8.03. The van der Waals surface area contributed by atoms with Crippen LogP contribution in [0.4, 0.5) is 0 Å². The van der Waals surface area contributed by atoms with E-state index in [1.165, 1.54) is 5.56 Å². The van der Waals surface area contributed by atoms with Crippen LogP contribution in [0.3, 0.4) is 0 Å². The molecule has 0 fully saturated rings. The van der Waals surface area contributed by atoms with Gasteiger partial charge in [-0.25, -0.2) is 4.98 Å². The molecule has 1 N–H and O–H groups in total. The number of pyridine rings is 1. The molecule has 0 amide bonds. The first-order chi connectivity index (χ1) is 27.5. The summed E-state index contributed by atoms with van der Waals surface area (Å²) in [4.78, 5) is 10.4. The molecule has 10 aromatic rings. The molecule has 0 aliphatic heterocycles. The van der Waals surface area contributed by atoms with Gasteiger partial charge in [-0.1, -0.05) is 146 Å². The van der Waals surface area contributed by atoms with E-state index in [1.807, 2.05) is 54.7 Å². The predicted molar refractivity (Wildman–Crippen MR) is 227 cm³/mol. The molecule has 0 spiro atoms. The number of para-hydroxylation sites is 4. The number of imidazole rings is 1. The maximum absolute atomic E-state index is 11.3. The number of fused-ring (bicyclic) bond motifs is 4. The molecule has 0 aliphatic rings. The van der Waals surface area contributed by atoms with Crippen molar-refractivity contribution in [1.82, 2.24) is 14.5 Å². The van der Waals surface area contributed by atoms with Crippen molar-refractivity contribution in [2.75, 3.05) is 0 Å². The molecule has 0 atom stereocenters. The van der Waals surface area contributed by atoms with E-state index in [0.717, 1.165) is 77.7 Å². The minimum atomic E-state index is -0.366. The van der Waals surface area contributed by atoms with E-state index >= 15 is 0 Å². The molecule has 0 saturated carbocycles. The normalized spacial score (nSPS) is 11.6. The van der Waals surface area contributed by atoms with Gasteiger partial charge in [0.2, 0.25) is 0 Å². The van der Waals surface area contributed by atoms with Crippen molar-refractivity contribution in [2.45, 2.75) is 19.3 Å². The first-order valence-corrected chi connectivity index (χ1v) is 18.8. The minimum Gasteiger partial charge on any atom is -0.507 e. The Kier molecular flexibility index (Phi) is 9.19. The second-order valence-electron chi connectivity index (χ2n) is 14.7. The summed E-state index contributed by atoms with van der Waals surface area (Å²) in [5, 5.41) is 13.3. The summed E-state index contributed by atoms with van der Waals surface area (Å²) < 4.78 is 8.49. The van der Waals surface area contributed by atoms with E-state index in [4.69, 9.17) is 14.4 Å². The van der Waals surface area contributed by atoms with Crippen LogP contribution >= 0.6 is 0 Å². The smallest absolute Gasteiger partial charge is 0.148 e. The third-order valence-electron chi connectivity index (χ3n) is 11.0. The zero-order valence-corrected chi connectivity index (χ0v) is 33.5. The summed E-state index contributed by atoms with van der Waals surface area (Å²) in [6, 6.07) is 61.4. The summed E-state index contributed by atoms with van der Waals surface area (Å²) >= 11 is 0. The summed E-state index contributed by atoms with van der Waals surface area (Å²) in [6.45, 7) is 4.52. The van der Waals surface area contributed by atoms with E-state index in [9.17, 15) is 5.11 Å². The second kappa shape index (κ2) is 14.5. The van der Waals surface area contributed by atoms with Crippen LogP contribution in [0.1, 0.15) is 25.0 Å². The number of aromatic nitrogens is 3. The van der Waals surface area contributed by atoms with E-state index in [2.05, 4.69) is 140 Å². The topological polar surface area (TPSA) is 64.1 Å². The molecule has 10 rings (SSSR count). The van der Waals surface area contributed by atoms with Crippen molar-refractivity contribution in [1.29, 1.82) is 0 Å². The number of benzene rings is 7. The van der Waals surface area contributed by atoms with Gasteiger partial charge in [-0.2, -0.15) is 0 Å². The SMILES string of the molecule is CC(C)(c1ccccc1)c1cc(-c2cccc3c2nc(-c2ccccc2O)n3-c2ccccc2-c2ccccc2)[c-]c(-c2nccc3oc4ccccc4c23)c1.[Pt]. The van der Waals surface area contributed by atoms with Crippen LogP contribution in [-0.4, -0.2) is 19.6 Å². The van der Waals surface area contributed by atoms with Crippen molar-refractivity contribution in [2.24, 2.45) is 0 Å². The summed E-state index contributed by atoms with van der Waals surface area (Å²) in [5.74, 6) is 0.806. The Bertz CT molecular complexity index is 3070. The van der Waals surface area contributed by atoms with Crippen LogP contribution in [0.25, 0.3) is 83.6 Å². The van der Waals surface area contributed by atoms with Crippen LogP contribution in [0.2, 0.25) is 0 Å². The van der Waals surface area contributed by atoms with Crippen molar-refractivity contribution in [3.63, 3.8) is 0 Å². The molecule has 3 heterocycles. The number of phenolic OH excluding ortho intramolecular Hbond substituents is 1. The van der Waals surface area contributed by atoms with Crippen molar-refractivity contribution in [3.8, 4) is 56.3 Å². The van der Waals surface area contributed by atoms with E-state index in [0.29, 0.717) is 11.4 Å². The quantitative estimate of drug-likeness (QED) is 0.162. The standard InChI is InChI=1S/C51H36N3O2.Pt/c1-51(2,36-18-7-4-8-19-36)37-31-34(30-35(32-37)48-47-41-22-11-14-27-45(41)56-46(47)28-29-52-48)39-23-15-25-43-49(39)53-50(40-21-10-13-26-44(40)55)54(43)42-24-12-9-20-38(42)33-16-5-3-6-17-33;/h3-29,31-32,55H,1-2H3;/q-1;. The largest absolute Gasteiger partial charge is 0.507 e. The van der Waals surface area contributed by atoms with Gasteiger partial charge in [0, 0.05) is 54.7 Å². The number of hydrogen-bond donors (Lipinski definition) is 1. The van der Waals surface area contributed by atoms with Crippen LogP contribution < -0.4 is 0 Å². The maximum Gasteiger partial charge on any atom is 0.148 e. The number of rotatable bonds is 7. The summed E-state index contributed by atoms with van der Waals surface area (Å²) in [5.41, 5.74) is 12.5. The molecule has 7 aromatic carbocycles. The second-order valence-corrected chi connectivity index (χ2v) is 14.7. The predicted octanol–water partition coefficient (Wildman–Crippen LogP) is 12.8. The van der Waals surface area contributed by atoms with E-state index in [1.54, 1.807) is 6.07 Å². The van der Waals surface area contributed by atoms with Gasteiger partial charge in [0.25, 0.3) is 0 Å². The molecule has 5 nitrogen and oxygen atoms in total. The van der Waals surface area contributed by atoms with E-state index in [-0.39, 0.29) is 32.2 Å². The average molecular weight is 918 g/mol. The summed E-state index contributed by atoms with van der Waals surface area (Å²) in [6.07, 6.45) is 1.81. The molecule has 0 saturated heterocycles. The summed E-state index contributed by atoms with van der Waals surface area (Å²) in [7, 11) is 0. The number of nitrogens with zero attached hydrogens (tertiary/aromatic N) is 3. The molecule has 0 radical (unpaired) electrons. The molecular formula is C51H36N3O2Pt-. The third kappa shape index (κ3) is 6.16. The van der Waals surface area contributed by atoms with Gasteiger partial charge in [-0.3, -0.25) is 9.55 Å². The van der Waals surface area contributed by atoms with Crippen LogP contribution in [0.5, 0.6) is 5.75 Å². The van der Waals surface area contributed by atoms with Gasteiger partial charge in [-0.05, 0) is 47.5 Å². The number of hydrogen-bond acceptors (Lipinski definition) is 4. The number of aromatic hydroxyl groups is 1. The fraction of sp³-hybridized carbons (Fsp3) is 0.0588. The molecule has 6 heteroatoms. The molecule has 0 aliphatic carbocycles. The third-order valence-corrected chi connectivity index (χ3v) is 11.0. The molecule has 0 unspecified atom stereocenters. The molecular weight excluding hydrogens is 882 g/mol. The number of phenols is 1. The Morgan fingerprint density at radius 1 is 0.614 bits per heavy atom. The fourth-order valence-corrected chi connectivity index (χ4v) is 8.03. The van der Waals surface area contributed by atoms with E-state index < -0.39 is 0 Å². The van der Waals surface area contributed by atoms with Crippen LogP contribution in [0, 0.1) is 6.07 Å². The number of furan rings is 1. The Hall–Kier alpha value is -6.55. The van der Waals surface area contributed by atoms with Gasteiger partial charge in [0.15, 0.2) is 0 Å². The maximum atomic E-state index is 11.3. The average Bonchev–Trinajstić information content (AvgIpc) is 3.83. The Balaban J connectivity index is 0.00000422. The van der Waals surface area contributed by atoms with Crippen molar-refractivity contribution >= 4 is 33.0 Å². The van der Waals surface area contributed by atoms with Gasteiger partial charge in [-0.15, -0.1) is 29.3 Å². The van der Waals surface area contributed by atoms with Gasteiger partial charge < -0.3 is 9.52 Å². The minimum absolute atomic E-state index is 0. The van der Waals surface area contributed by atoms with Crippen LogP contribution in [-0.2, 0) is 26.5 Å². The zero-order chi connectivity index (χ0) is 37.8. The zero-order valence-electron chi connectivity index (χ0n) is 31.3. The van der Waals surface area contributed by atoms with Gasteiger partial charge >= 0.3 is 0 Å². The van der Waals surface area contributed by atoms with Crippen molar-refractivity contribution in [3.05, 3.63) is 193 Å². The first-order valence-electron chi connectivity index (χ1n) is 18.8. The first kappa shape index (κ1) is 36.1. The monoisotopic (exact) mass is 917 g/mol. The molecule has 57 heavy (non-hydrogen) atoms. The molecule has 278 valence electrons. The van der Waals surface area contributed by atoms with Gasteiger partial charge in [0.05, 0.1) is 22.3 Å². The van der Waals surface area contributed by atoms with Crippen LogP contribution in [0.15, 0.2) is 180 Å².